The maximum absolute atomic E-state index is 9.89. The van der Waals surface area contributed by atoms with Gasteiger partial charge in [0.05, 0.1) is 11.3 Å². The Labute approximate surface area is 151 Å². The number of aromatic hydroxyl groups is 1. The Bertz CT molecular complexity index is 968. The van der Waals surface area contributed by atoms with Crippen molar-refractivity contribution < 1.29 is 5.11 Å². The summed E-state index contributed by atoms with van der Waals surface area (Å²) < 4.78 is 0. The number of nitriles is 1. The van der Waals surface area contributed by atoms with Gasteiger partial charge in [-0.25, -0.2) is 4.98 Å². The van der Waals surface area contributed by atoms with E-state index in [0.29, 0.717) is 16.3 Å². The van der Waals surface area contributed by atoms with Crippen LogP contribution < -0.4 is 0 Å². The number of phenols is 1. The zero-order chi connectivity index (χ0) is 18.0. The Balaban J connectivity index is 1.97. The number of hydrogen-bond donors (Lipinski definition) is 1. The van der Waals surface area contributed by atoms with Gasteiger partial charge in [-0.3, -0.25) is 0 Å². The van der Waals surface area contributed by atoms with E-state index in [9.17, 15) is 10.4 Å². The van der Waals surface area contributed by atoms with Crippen molar-refractivity contribution in [1.82, 2.24) is 4.98 Å². The lowest BCUT2D eigenvalue weighted by Gasteiger charge is -2.05. The minimum atomic E-state index is 0.298. The second-order valence-electron chi connectivity index (χ2n) is 6.08. The summed E-state index contributed by atoms with van der Waals surface area (Å²) >= 11 is 1.46. The van der Waals surface area contributed by atoms with Crippen LogP contribution in [0.25, 0.3) is 22.9 Å². The highest BCUT2D eigenvalue weighted by Crippen LogP contribution is 2.29. The summed E-state index contributed by atoms with van der Waals surface area (Å²) in [5.74, 6) is 0.298. The van der Waals surface area contributed by atoms with E-state index >= 15 is 0 Å². The number of aromatic nitrogens is 1. The van der Waals surface area contributed by atoms with Gasteiger partial charge in [0.2, 0.25) is 0 Å². The third-order valence-corrected chi connectivity index (χ3v) is 4.90. The monoisotopic (exact) mass is 346 g/mol. The molecule has 0 aliphatic rings. The van der Waals surface area contributed by atoms with Gasteiger partial charge in [-0.1, -0.05) is 29.8 Å². The lowest BCUT2D eigenvalue weighted by molar-refractivity contribution is 0.467. The van der Waals surface area contributed by atoms with E-state index in [1.54, 1.807) is 0 Å². The predicted octanol–water partition coefficient (Wildman–Crippen LogP) is 5.51. The molecule has 0 aliphatic heterocycles. The number of rotatable bonds is 3. The van der Waals surface area contributed by atoms with Gasteiger partial charge in [0.25, 0.3) is 0 Å². The van der Waals surface area contributed by atoms with Crippen molar-refractivity contribution in [2.24, 2.45) is 0 Å². The molecule has 0 saturated carbocycles. The fourth-order valence-electron chi connectivity index (χ4n) is 2.64. The van der Waals surface area contributed by atoms with Crippen molar-refractivity contribution in [3.8, 4) is 23.1 Å². The minimum Gasteiger partial charge on any atom is -0.507 e. The summed E-state index contributed by atoms with van der Waals surface area (Å²) in [4.78, 5) is 4.62. The first-order valence-electron chi connectivity index (χ1n) is 7.93. The molecule has 2 aromatic carbocycles. The summed E-state index contributed by atoms with van der Waals surface area (Å²) in [6, 6.07) is 14.2. The van der Waals surface area contributed by atoms with Crippen molar-refractivity contribution >= 4 is 23.0 Å². The van der Waals surface area contributed by atoms with E-state index in [2.05, 4.69) is 30.1 Å². The molecule has 0 atom stereocenters. The van der Waals surface area contributed by atoms with Gasteiger partial charge in [-0.05, 0) is 55.7 Å². The molecule has 1 heterocycles. The largest absolute Gasteiger partial charge is 0.507 e. The summed E-state index contributed by atoms with van der Waals surface area (Å²) in [5, 5.41) is 22.1. The molecular formula is C21H18N2OS. The molecule has 0 spiro atoms. The van der Waals surface area contributed by atoms with Crippen molar-refractivity contribution in [3.05, 3.63) is 69.0 Å². The number of aryl methyl sites for hydroxylation is 3. The number of phenolic OH excluding ortho intramolecular Hbond substituents is 1. The molecule has 3 rings (SSSR count). The average Bonchev–Trinajstić information content (AvgIpc) is 3.08. The normalized spacial score (nSPS) is 11.4. The highest BCUT2D eigenvalue weighted by molar-refractivity contribution is 7.11. The molecule has 0 unspecified atom stereocenters. The minimum absolute atomic E-state index is 0.298. The van der Waals surface area contributed by atoms with E-state index in [-0.39, 0.29) is 0 Å². The van der Waals surface area contributed by atoms with Crippen molar-refractivity contribution in [3.63, 3.8) is 0 Å². The van der Waals surface area contributed by atoms with Crippen molar-refractivity contribution in [2.75, 3.05) is 0 Å². The molecular weight excluding hydrogens is 328 g/mol. The molecule has 0 bridgehead atoms. The van der Waals surface area contributed by atoms with Crippen LogP contribution in [0, 0.1) is 32.1 Å². The Kier molecular flexibility index (Phi) is 4.69. The zero-order valence-corrected chi connectivity index (χ0v) is 15.2. The van der Waals surface area contributed by atoms with E-state index in [1.165, 1.54) is 16.9 Å². The fourth-order valence-corrected chi connectivity index (χ4v) is 3.43. The van der Waals surface area contributed by atoms with E-state index in [1.807, 2.05) is 49.6 Å². The van der Waals surface area contributed by atoms with Crippen molar-refractivity contribution in [1.29, 1.82) is 5.26 Å². The molecule has 3 aromatic rings. The molecule has 0 radical (unpaired) electrons. The number of benzene rings is 2. The maximum atomic E-state index is 9.89. The quantitative estimate of drug-likeness (QED) is 0.637. The molecule has 124 valence electrons. The van der Waals surface area contributed by atoms with Crippen LogP contribution in [-0.2, 0) is 0 Å². The second kappa shape index (κ2) is 6.92. The fraction of sp³-hybridized carbons (Fsp3) is 0.143. The van der Waals surface area contributed by atoms with Crippen LogP contribution in [0.3, 0.4) is 0 Å². The Morgan fingerprint density at radius 1 is 1.12 bits per heavy atom. The van der Waals surface area contributed by atoms with Crippen LogP contribution >= 0.6 is 11.3 Å². The highest BCUT2D eigenvalue weighted by atomic mass is 32.1. The smallest absolute Gasteiger partial charge is 0.134 e. The summed E-state index contributed by atoms with van der Waals surface area (Å²) in [7, 11) is 0. The summed E-state index contributed by atoms with van der Waals surface area (Å²) in [6.07, 6.45) is 1.82. The number of thiazole rings is 1. The number of allylic oxidation sites excluding steroid dienone is 1. The first-order chi connectivity index (χ1) is 12.0. The zero-order valence-electron chi connectivity index (χ0n) is 14.4. The Hall–Kier alpha value is -2.90. The molecule has 1 N–H and O–H groups in total. The van der Waals surface area contributed by atoms with Crippen LogP contribution in [0.15, 0.2) is 41.8 Å². The average molecular weight is 346 g/mol. The Morgan fingerprint density at radius 2 is 1.76 bits per heavy atom. The van der Waals surface area contributed by atoms with Gasteiger partial charge in [-0.15, -0.1) is 11.3 Å². The van der Waals surface area contributed by atoms with E-state index < -0.39 is 0 Å². The topological polar surface area (TPSA) is 56.9 Å². The van der Waals surface area contributed by atoms with Crippen molar-refractivity contribution in [2.45, 2.75) is 20.8 Å². The molecule has 0 aliphatic carbocycles. The predicted molar refractivity (Wildman–Crippen MR) is 103 cm³/mol. The third-order valence-electron chi connectivity index (χ3n) is 4.03. The second-order valence-corrected chi connectivity index (χ2v) is 6.94. The van der Waals surface area contributed by atoms with Crippen LogP contribution in [0.2, 0.25) is 0 Å². The Morgan fingerprint density at radius 3 is 2.36 bits per heavy atom. The number of nitrogens with zero attached hydrogens (tertiary/aromatic N) is 2. The standard InChI is InChI=1S/C21H18N2OS/c1-13-4-6-17(7-5-13)19-12-25-21(23-19)18(11-22)10-16-8-14(2)20(24)15(3)9-16/h4-10,12,24H,1-3H3/b18-10+. The molecule has 1 aromatic heterocycles. The molecule has 4 heteroatoms. The van der Waals surface area contributed by atoms with Crippen LogP contribution in [-0.4, -0.2) is 10.1 Å². The van der Waals surface area contributed by atoms with Gasteiger partial charge in [0, 0.05) is 10.9 Å². The van der Waals surface area contributed by atoms with Gasteiger partial charge in [-0.2, -0.15) is 5.26 Å². The first-order valence-corrected chi connectivity index (χ1v) is 8.81. The van der Waals surface area contributed by atoms with Gasteiger partial charge in [0.1, 0.15) is 16.8 Å². The lowest BCUT2D eigenvalue weighted by Crippen LogP contribution is -1.86. The third kappa shape index (κ3) is 3.62. The SMILES string of the molecule is Cc1ccc(-c2csc(/C(C#N)=C/c3cc(C)c(O)c(C)c3)n2)cc1. The van der Waals surface area contributed by atoms with E-state index in [4.69, 9.17) is 0 Å². The molecule has 25 heavy (non-hydrogen) atoms. The first kappa shape index (κ1) is 16.9. The summed E-state index contributed by atoms with van der Waals surface area (Å²) in [5.41, 5.74) is 6.12. The molecule has 0 amide bonds. The number of hydrogen-bond acceptors (Lipinski definition) is 4. The van der Waals surface area contributed by atoms with E-state index in [0.717, 1.165) is 27.9 Å². The highest BCUT2D eigenvalue weighted by Gasteiger charge is 2.10. The molecule has 0 fully saturated rings. The van der Waals surface area contributed by atoms with Gasteiger partial charge < -0.3 is 5.11 Å². The maximum Gasteiger partial charge on any atom is 0.134 e. The van der Waals surface area contributed by atoms with Gasteiger partial charge >= 0.3 is 0 Å². The van der Waals surface area contributed by atoms with Crippen LogP contribution in [0.4, 0.5) is 0 Å². The van der Waals surface area contributed by atoms with Gasteiger partial charge in [0.15, 0.2) is 0 Å². The van der Waals surface area contributed by atoms with Crippen LogP contribution in [0.1, 0.15) is 27.3 Å². The van der Waals surface area contributed by atoms with Crippen LogP contribution in [0.5, 0.6) is 5.75 Å². The summed E-state index contributed by atoms with van der Waals surface area (Å²) in [6.45, 7) is 5.75. The molecule has 0 saturated heterocycles. The lowest BCUT2D eigenvalue weighted by atomic mass is 10.0. The molecule has 3 nitrogen and oxygen atoms in total.